The van der Waals surface area contributed by atoms with E-state index in [1.165, 1.54) is 44.1 Å². The molecule has 1 aliphatic rings. The molecule has 0 unspecified atom stereocenters. The first-order chi connectivity index (χ1) is 31.5. The number of hydrogen-bond acceptors (Lipinski definition) is 3. The smallest absolute Gasteiger partial charge is 0.235 e. The van der Waals surface area contributed by atoms with E-state index >= 15 is 0 Å². The van der Waals surface area contributed by atoms with Crippen molar-refractivity contribution in [2.75, 3.05) is 0 Å². The van der Waals surface area contributed by atoms with Gasteiger partial charge in [-0.1, -0.05) is 135 Å². The summed E-state index contributed by atoms with van der Waals surface area (Å²) in [7, 11) is 0. The Labute approximate surface area is 368 Å². The summed E-state index contributed by atoms with van der Waals surface area (Å²) in [6.07, 6.45) is 0. The second-order valence-electron chi connectivity index (χ2n) is 17.8. The lowest BCUT2D eigenvalue weighted by molar-refractivity contribution is 0.661. The molecule has 14 rings (SSSR count). The van der Waals surface area contributed by atoms with Gasteiger partial charge in [-0.3, -0.25) is 4.57 Å². The van der Waals surface area contributed by atoms with E-state index in [1.807, 2.05) is 12.1 Å². The Morgan fingerprint density at radius 3 is 1.89 bits per heavy atom. The van der Waals surface area contributed by atoms with Crippen molar-refractivity contribution in [3.63, 3.8) is 0 Å². The van der Waals surface area contributed by atoms with E-state index < -0.39 is 0 Å². The van der Waals surface area contributed by atoms with Crippen molar-refractivity contribution in [2.45, 2.75) is 19.3 Å². The first kappa shape index (κ1) is 35.3. The zero-order chi connectivity index (χ0) is 42.3. The van der Waals surface area contributed by atoms with Gasteiger partial charge >= 0.3 is 0 Å². The number of furan rings is 1. The highest BCUT2D eigenvalue weighted by atomic mass is 16.3. The second kappa shape index (κ2) is 12.9. The highest BCUT2D eigenvalue weighted by Crippen LogP contribution is 2.51. The monoisotopic (exact) mass is 818 g/mol. The van der Waals surface area contributed by atoms with Gasteiger partial charge in [0.05, 0.1) is 33.3 Å². The minimum Gasteiger partial charge on any atom is -0.456 e. The molecule has 1 aliphatic carbocycles. The van der Waals surface area contributed by atoms with Crippen LogP contribution in [0.25, 0.3) is 122 Å². The van der Waals surface area contributed by atoms with Crippen LogP contribution in [0.15, 0.2) is 199 Å². The van der Waals surface area contributed by atoms with Crippen molar-refractivity contribution in [2.24, 2.45) is 0 Å². The topological polar surface area (TPSA) is 48.8 Å². The van der Waals surface area contributed by atoms with E-state index in [-0.39, 0.29) is 5.41 Å². The predicted molar refractivity (Wildman–Crippen MR) is 264 cm³/mol. The van der Waals surface area contributed by atoms with Crippen LogP contribution in [-0.2, 0) is 5.41 Å². The van der Waals surface area contributed by atoms with E-state index in [0.29, 0.717) is 5.95 Å². The summed E-state index contributed by atoms with van der Waals surface area (Å²) in [5.74, 6) is 0.628. The molecule has 5 nitrogen and oxygen atoms in total. The van der Waals surface area contributed by atoms with Crippen molar-refractivity contribution < 1.29 is 4.42 Å². The van der Waals surface area contributed by atoms with Crippen LogP contribution in [0.1, 0.15) is 25.0 Å². The summed E-state index contributed by atoms with van der Waals surface area (Å²) in [5, 5.41) is 7.94. The minimum atomic E-state index is -0.0946. The van der Waals surface area contributed by atoms with Crippen molar-refractivity contribution in [3.8, 4) is 45.1 Å². The minimum absolute atomic E-state index is 0.0946. The Hall–Kier alpha value is -8.28. The van der Waals surface area contributed by atoms with Gasteiger partial charge in [-0.2, -0.15) is 0 Å². The van der Waals surface area contributed by atoms with Gasteiger partial charge in [0.25, 0.3) is 0 Å². The zero-order valence-corrected chi connectivity index (χ0v) is 35.2. The van der Waals surface area contributed by atoms with Crippen LogP contribution in [0.5, 0.6) is 0 Å². The SMILES string of the molecule is CC1(C)c2ccccc2-c2cc3c4cc(-c5ccc6oc7cc8c(cc7c6c5)c5ccccc5n8-c5nc(-c6ccccc6)c6ccccc6n5)ccc4n(-c4ccccc4)c3cc21. The lowest BCUT2D eigenvalue weighted by Crippen LogP contribution is -2.14. The molecule has 0 aliphatic heterocycles. The Morgan fingerprint density at radius 1 is 0.391 bits per heavy atom. The molecule has 0 radical (unpaired) electrons. The van der Waals surface area contributed by atoms with E-state index in [2.05, 4.69) is 205 Å². The van der Waals surface area contributed by atoms with Gasteiger partial charge in [0.1, 0.15) is 11.2 Å². The van der Waals surface area contributed by atoms with Gasteiger partial charge in [-0.05, 0) is 100 Å². The van der Waals surface area contributed by atoms with Crippen LogP contribution in [0.3, 0.4) is 0 Å². The third kappa shape index (κ3) is 4.89. The number of aromatic nitrogens is 4. The van der Waals surface area contributed by atoms with Gasteiger partial charge in [-0.15, -0.1) is 0 Å². The maximum Gasteiger partial charge on any atom is 0.235 e. The molecule has 4 aromatic heterocycles. The fourth-order valence-corrected chi connectivity index (χ4v) is 10.9. The largest absolute Gasteiger partial charge is 0.456 e. The third-order valence-corrected chi connectivity index (χ3v) is 13.9. The van der Waals surface area contributed by atoms with Crippen LogP contribution in [0, 0.1) is 0 Å². The molecule has 0 saturated carbocycles. The zero-order valence-electron chi connectivity index (χ0n) is 35.2. The van der Waals surface area contributed by atoms with E-state index in [4.69, 9.17) is 14.4 Å². The van der Waals surface area contributed by atoms with Crippen LogP contribution in [0.2, 0.25) is 0 Å². The summed E-state index contributed by atoms with van der Waals surface area (Å²) in [6.45, 7) is 4.72. The second-order valence-corrected chi connectivity index (χ2v) is 17.8. The van der Waals surface area contributed by atoms with E-state index in [9.17, 15) is 0 Å². The molecule has 300 valence electrons. The van der Waals surface area contributed by atoms with Gasteiger partial charge in [0, 0.05) is 60.4 Å². The molecule has 0 spiro atoms. The first-order valence-electron chi connectivity index (χ1n) is 22.0. The van der Waals surface area contributed by atoms with Crippen LogP contribution < -0.4 is 0 Å². The van der Waals surface area contributed by atoms with Crippen LogP contribution >= 0.6 is 0 Å². The Bertz CT molecular complexity index is 4100. The summed E-state index contributed by atoms with van der Waals surface area (Å²) in [6, 6.07) is 69.8. The van der Waals surface area contributed by atoms with Crippen LogP contribution in [0.4, 0.5) is 0 Å². The Kier molecular flexibility index (Phi) is 7.11. The summed E-state index contributed by atoms with van der Waals surface area (Å²) in [5.41, 5.74) is 17.8. The van der Waals surface area contributed by atoms with E-state index in [1.54, 1.807) is 0 Å². The maximum atomic E-state index is 6.71. The molecule has 0 atom stereocenters. The predicted octanol–water partition coefficient (Wildman–Crippen LogP) is 15.4. The number of rotatable bonds is 4. The highest BCUT2D eigenvalue weighted by Gasteiger charge is 2.36. The van der Waals surface area contributed by atoms with Crippen molar-refractivity contribution >= 4 is 76.5 Å². The molecular formula is C59H38N4O. The summed E-state index contributed by atoms with van der Waals surface area (Å²) >= 11 is 0. The molecule has 0 fully saturated rings. The van der Waals surface area contributed by atoms with Gasteiger partial charge in [0.2, 0.25) is 5.95 Å². The molecule has 64 heavy (non-hydrogen) atoms. The van der Waals surface area contributed by atoms with Gasteiger partial charge in [-0.25, -0.2) is 9.97 Å². The fraction of sp³-hybridized carbons (Fsp3) is 0.0508. The standard InChI is InChI=1S/C59H38N4O/c1-59(2)48-22-12-9-19-39(48)42-31-45-43-29-36(25-27-52(43)62(53(45)33-49(42)59)38-17-7-4-8-18-38)37-26-28-55-46(30-37)47-32-44-40-20-11-14-24-51(40)63(54(44)34-56(47)64-55)58-60-50-23-13-10-21-41(50)57(61-58)35-15-5-3-6-16-35/h3-34H,1-2H3. The lowest BCUT2D eigenvalue weighted by atomic mass is 9.82. The molecule has 0 bridgehead atoms. The number of hydrogen-bond donors (Lipinski definition) is 0. The molecule has 9 aromatic carbocycles. The quantitative estimate of drug-likeness (QED) is 0.178. The molecule has 4 heterocycles. The normalized spacial score (nSPS) is 13.3. The maximum absolute atomic E-state index is 6.71. The summed E-state index contributed by atoms with van der Waals surface area (Å²) < 4.78 is 11.3. The molecule has 13 aromatic rings. The molecule has 0 amide bonds. The average Bonchev–Trinajstić information content (AvgIpc) is 4.04. The Balaban J connectivity index is 0.960. The molecule has 0 saturated heterocycles. The number of benzene rings is 9. The lowest BCUT2D eigenvalue weighted by Gasteiger charge is -2.21. The van der Waals surface area contributed by atoms with Gasteiger partial charge < -0.3 is 8.98 Å². The van der Waals surface area contributed by atoms with Crippen molar-refractivity contribution in [1.29, 1.82) is 0 Å². The number of fused-ring (bicyclic) bond motifs is 13. The Morgan fingerprint density at radius 2 is 1.03 bits per heavy atom. The third-order valence-electron chi connectivity index (χ3n) is 13.9. The van der Waals surface area contributed by atoms with E-state index in [0.717, 1.165) is 82.7 Å². The van der Waals surface area contributed by atoms with Crippen molar-refractivity contribution in [1.82, 2.24) is 19.1 Å². The summed E-state index contributed by atoms with van der Waals surface area (Å²) in [4.78, 5) is 10.5. The molecule has 0 N–H and O–H groups in total. The van der Waals surface area contributed by atoms with Crippen LogP contribution in [-0.4, -0.2) is 19.1 Å². The number of nitrogens with zero attached hydrogens (tertiary/aromatic N) is 4. The average molecular weight is 819 g/mol. The van der Waals surface area contributed by atoms with Gasteiger partial charge in [0.15, 0.2) is 0 Å². The highest BCUT2D eigenvalue weighted by molar-refractivity contribution is 6.18. The molecule has 5 heteroatoms. The first-order valence-corrected chi connectivity index (χ1v) is 22.0. The number of para-hydroxylation sites is 3. The molecular weight excluding hydrogens is 781 g/mol. The fourth-order valence-electron chi connectivity index (χ4n) is 10.9. The van der Waals surface area contributed by atoms with Crippen molar-refractivity contribution in [3.05, 3.63) is 205 Å².